The summed E-state index contributed by atoms with van der Waals surface area (Å²) in [5, 5.41) is 2.99. The Hall–Kier alpha value is -3.81. The summed E-state index contributed by atoms with van der Waals surface area (Å²) in [5.74, 6) is 1.34. The van der Waals surface area contributed by atoms with E-state index in [0.717, 1.165) is 11.0 Å². The van der Waals surface area contributed by atoms with Gasteiger partial charge in [-0.15, -0.1) is 0 Å². The van der Waals surface area contributed by atoms with Crippen LogP contribution in [0.2, 0.25) is 0 Å². The standard InChI is InChI=1S/C22H20N4O4/c27-21(14-7-9-26(10-8-14)22(28)19-4-2-12-30-19)23-15-5-6-16-17(13-15)25-20(24-16)18-3-1-11-29-18/h1-6,11-14H,7-10H2,(H,23,27)(H,24,25). The Balaban J connectivity index is 1.22. The second-order valence-corrected chi connectivity index (χ2v) is 7.33. The molecule has 1 saturated heterocycles. The number of aromatic amines is 1. The molecule has 0 saturated carbocycles. The number of benzene rings is 1. The molecule has 4 heterocycles. The van der Waals surface area contributed by atoms with Gasteiger partial charge in [-0.2, -0.15) is 0 Å². The van der Waals surface area contributed by atoms with Crippen molar-refractivity contribution in [3.8, 4) is 11.6 Å². The molecular formula is C22H20N4O4. The molecule has 3 aromatic heterocycles. The van der Waals surface area contributed by atoms with Gasteiger partial charge in [0.2, 0.25) is 5.91 Å². The predicted molar refractivity (Wildman–Crippen MR) is 110 cm³/mol. The maximum atomic E-state index is 12.7. The van der Waals surface area contributed by atoms with Crippen molar-refractivity contribution >= 4 is 28.5 Å². The number of nitrogens with one attached hydrogen (secondary N) is 2. The first-order chi connectivity index (χ1) is 14.7. The van der Waals surface area contributed by atoms with Gasteiger partial charge in [0.1, 0.15) is 0 Å². The maximum absolute atomic E-state index is 12.7. The number of hydrogen-bond acceptors (Lipinski definition) is 5. The molecule has 1 fully saturated rings. The van der Waals surface area contributed by atoms with Crippen LogP contribution in [-0.4, -0.2) is 39.8 Å². The van der Waals surface area contributed by atoms with E-state index in [1.807, 2.05) is 30.3 Å². The molecule has 0 unspecified atom stereocenters. The van der Waals surface area contributed by atoms with Crippen LogP contribution in [0, 0.1) is 5.92 Å². The van der Waals surface area contributed by atoms with E-state index in [1.54, 1.807) is 23.3 Å². The van der Waals surface area contributed by atoms with Gasteiger partial charge in [0.05, 0.1) is 23.6 Å². The van der Waals surface area contributed by atoms with E-state index < -0.39 is 0 Å². The van der Waals surface area contributed by atoms with E-state index >= 15 is 0 Å². The van der Waals surface area contributed by atoms with Crippen LogP contribution in [0.5, 0.6) is 0 Å². The summed E-state index contributed by atoms with van der Waals surface area (Å²) >= 11 is 0. The number of piperidine rings is 1. The average molecular weight is 404 g/mol. The van der Waals surface area contributed by atoms with Crippen molar-refractivity contribution in [3.05, 3.63) is 60.8 Å². The third-order valence-electron chi connectivity index (χ3n) is 5.39. The first-order valence-corrected chi connectivity index (χ1v) is 9.85. The number of furan rings is 2. The smallest absolute Gasteiger partial charge is 0.289 e. The van der Waals surface area contributed by atoms with Crippen molar-refractivity contribution in [2.24, 2.45) is 5.92 Å². The Labute approximate surface area is 171 Å². The van der Waals surface area contributed by atoms with Crippen molar-refractivity contribution in [3.63, 3.8) is 0 Å². The zero-order valence-corrected chi connectivity index (χ0v) is 16.1. The van der Waals surface area contributed by atoms with Crippen molar-refractivity contribution < 1.29 is 18.4 Å². The number of H-pyrrole nitrogens is 1. The fraction of sp³-hybridized carbons (Fsp3) is 0.227. The molecule has 0 bridgehead atoms. The van der Waals surface area contributed by atoms with E-state index in [0.29, 0.717) is 49.0 Å². The molecule has 0 atom stereocenters. The number of amides is 2. The lowest BCUT2D eigenvalue weighted by atomic mass is 9.95. The molecule has 1 aliphatic heterocycles. The average Bonchev–Trinajstić information content (AvgIpc) is 3.54. The highest BCUT2D eigenvalue weighted by atomic mass is 16.3. The zero-order chi connectivity index (χ0) is 20.5. The quantitative estimate of drug-likeness (QED) is 0.537. The molecule has 152 valence electrons. The summed E-state index contributed by atoms with van der Waals surface area (Å²) in [6, 6.07) is 12.6. The molecular weight excluding hydrogens is 384 g/mol. The highest BCUT2D eigenvalue weighted by Gasteiger charge is 2.28. The summed E-state index contributed by atoms with van der Waals surface area (Å²) in [4.78, 5) is 34.5. The third kappa shape index (κ3) is 3.47. The van der Waals surface area contributed by atoms with E-state index in [1.165, 1.54) is 6.26 Å². The van der Waals surface area contributed by atoms with Gasteiger partial charge in [0, 0.05) is 24.7 Å². The highest BCUT2D eigenvalue weighted by molar-refractivity contribution is 5.95. The minimum absolute atomic E-state index is 0.0368. The van der Waals surface area contributed by atoms with Crippen LogP contribution in [-0.2, 0) is 4.79 Å². The number of likely N-dealkylation sites (tertiary alicyclic amines) is 1. The molecule has 0 spiro atoms. The fourth-order valence-corrected chi connectivity index (χ4v) is 3.76. The van der Waals surface area contributed by atoms with Gasteiger partial charge < -0.3 is 24.0 Å². The van der Waals surface area contributed by atoms with Crippen molar-refractivity contribution in [2.45, 2.75) is 12.8 Å². The molecule has 0 radical (unpaired) electrons. The summed E-state index contributed by atoms with van der Waals surface area (Å²) in [7, 11) is 0. The topological polar surface area (TPSA) is 104 Å². The molecule has 2 N–H and O–H groups in total. The number of carbonyl (C=O) groups excluding carboxylic acids is 2. The lowest BCUT2D eigenvalue weighted by Gasteiger charge is -2.30. The van der Waals surface area contributed by atoms with Crippen molar-refractivity contribution in [2.75, 3.05) is 18.4 Å². The summed E-state index contributed by atoms with van der Waals surface area (Å²) in [6.07, 6.45) is 4.32. The monoisotopic (exact) mass is 404 g/mol. The van der Waals surface area contributed by atoms with Crippen LogP contribution in [0.15, 0.2) is 63.8 Å². The normalized spacial score (nSPS) is 14.9. The second-order valence-electron chi connectivity index (χ2n) is 7.33. The minimum atomic E-state index is -0.137. The first kappa shape index (κ1) is 18.2. The minimum Gasteiger partial charge on any atom is -0.461 e. The summed E-state index contributed by atoms with van der Waals surface area (Å²) < 4.78 is 10.6. The molecule has 5 rings (SSSR count). The van der Waals surface area contributed by atoms with Crippen LogP contribution < -0.4 is 5.32 Å². The Morgan fingerprint density at radius 2 is 1.87 bits per heavy atom. The van der Waals surface area contributed by atoms with E-state index in [2.05, 4.69) is 15.3 Å². The Morgan fingerprint density at radius 3 is 2.60 bits per heavy atom. The number of nitrogens with zero attached hydrogens (tertiary/aromatic N) is 2. The van der Waals surface area contributed by atoms with Gasteiger partial charge in [-0.25, -0.2) is 4.98 Å². The second kappa shape index (κ2) is 7.55. The Morgan fingerprint density at radius 1 is 1.07 bits per heavy atom. The molecule has 1 aliphatic rings. The number of hydrogen-bond donors (Lipinski definition) is 2. The zero-order valence-electron chi connectivity index (χ0n) is 16.1. The number of rotatable bonds is 4. The van der Waals surface area contributed by atoms with Crippen molar-refractivity contribution in [1.29, 1.82) is 0 Å². The number of carbonyl (C=O) groups is 2. The van der Waals surface area contributed by atoms with Crippen LogP contribution >= 0.6 is 0 Å². The highest BCUT2D eigenvalue weighted by Crippen LogP contribution is 2.25. The Bertz CT molecular complexity index is 1170. The third-order valence-corrected chi connectivity index (χ3v) is 5.39. The summed E-state index contributed by atoms with van der Waals surface area (Å²) in [6.45, 7) is 1.06. The molecule has 4 aromatic rings. The maximum Gasteiger partial charge on any atom is 0.289 e. The van der Waals surface area contributed by atoms with Gasteiger partial charge in [0.25, 0.3) is 5.91 Å². The lowest BCUT2D eigenvalue weighted by molar-refractivity contribution is -0.121. The molecule has 30 heavy (non-hydrogen) atoms. The molecule has 0 aliphatic carbocycles. The van der Waals surface area contributed by atoms with Crippen LogP contribution in [0.3, 0.4) is 0 Å². The summed E-state index contributed by atoms with van der Waals surface area (Å²) in [5.41, 5.74) is 2.32. The molecule has 1 aromatic carbocycles. The van der Waals surface area contributed by atoms with Gasteiger partial charge in [0.15, 0.2) is 17.3 Å². The van der Waals surface area contributed by atoms with E-state index in [9.17, 15) is 9.59 Å². The number of anilines is 1. The number of aromatic nitrogens is 2. The van der Waals surface area contributed by atoms with Gasteiger partial charge in [-0.3, -0.25) is 9.59 Å². The number of imidazole rings is 1. The van der Waals surface area contributed by atoms with Crippen LogP contribution in [0.4, 0.5) is 5.69 Å². The predicted octanol–water partition coefficient (Wildman–Crippen LogP) is 3.91. The SMILES string of the molecule is O=C(Nc1ccc2nc(-c3ccco3)[nH]c2c1)C1CCN(C(=O)c2ccco2)CC1. The van der Waals surface area contributed by atoms with E-state index in [4.69, 9.17) is 8.83 Å². The molecule has 8 heteroatoms. The Kier molecular flexibility index (Phi) is 4.59. The largest absolute Gasteiger partial charge is 0.461 e. The van der Waals surface area contributed by atoms with Crippen LogP contribution in [0.25, 0.3) is 22.6 Å². The fourth-order valence-electron chi connectivity index (χ4n) is 3.76. The number of fused-ring (bicyclic) bond motifs is 1. The molecule has 2 amide bonds. The first-order valence-electron chi connectivity index (χ1n) is 9.85. The van der Waals surface area contributed by atoms with Gasteiger partial charge in [-0.05, 0) is 55.3 Å². The van der Waals surface area contributed by atoms with Gasteiger partial charge >= 0.3 is 0 Å². The van der Waals surface area contributed by atoms with Crippen molar-refractivity contribution in [1.82, 2.24) is 14.9 Å². The van der Waals surface area contributed by atoms with E-state index in [-0.39, 0.29) is 17.7 Å². The lowest BCUT2D eigenvalue weighted by Crippen LogP contribution is -2.41. The molecule has 8 nitrogen and oxygen atoms in total. The van der Waals surface area contributed by atoms with Crippen LogP contribution in [0.1, 0.15) is 23.4 Å². The van der Waals surface area contributed by atoms with Gasteiger partial charge in [-0.1, -0.05) is 0 Å².